The van der Waals surface area contributed by atoms with Crippen LogP contribution in [0.2, 0.25) is 0 Å². The smallest absolute Gasteiger partial charge is 0.146 e. The molecule has 0 amide bonds. The van der Waals surface area contributed by atoms with Gasteiger partial charge in [-0.2, -0.15) is 11.8 Å². The van der Waals surface area contributed by atoms with Gasteiger partial charge in [0, 0.05) is 34.9 Å². The molecule has 0 spiro atoms. The lowest BCUT2D eigenvalue weighted by Crippen LogP contribution is -2.05. The number of hydrogen-bond acceptors (Lipinski definition) is 4. The Labute approximate surface area is 109 Å². The lowest BCUT2D eigenvalue weighted by molar-refractivity contribution is 0.210. The number of aliphatic hydroxyl groups excluding tert-OH is 1. The Morgan fingerprint density at radius 1 is 1.53 bits per heavy atom. The van der Waals surface area contributed by atoms with Gasteiger partial charge in [0.2, 0.25) is 0 Å². The van der Waals surface area contributed by atoms with Crippen LogP contribution in [0.4, 0.5) is 0 Å². The van der Waals surface area contributed by atoms with Crippen molar-refractivity contribution in [3.05, 3.63) is 39.6 Å². The van der Waals surface area contributed by atoms with Crippen LogP contribution in [0, 0.1) is 0 Å². The zero-order chi connectivity index (χ0) is 11.8. The van der Waals surface area contributed by atoms with Gasteiger partial charge in [-0.05, 0) is 23.8 Å². The molecule has 2 aromatic heterocycles. The van der Waals surface area contributed by atoms with Gasteiger partial charge in [0.15, 0.2) is 0 Å². The number of thiophene rings is 1. The van der Waals surface area contributed by atoms with Gasteiger partial charge < -0.3 is 9.67 Å². The molecule has 0 saturated heterocycles. The summed E-state index contributed by atoms with van der Waals surface area (Å²) in [6.07, 6.45) is 4.14. The van der Waals surface area contributed by atoms with E-state index in [4.69, 9.17) is 0 Å². The predicted octanol–water partition coefficient (Wildman–Crippen LogP) is 2.35. The van der Waals surface area contributed by atoms with Gasteiger partial charge in [0.05, 0.1) is 0 Å². The number of fused-ring (bicyclic) bond motifs is 1. The SMILES string of the molecule is Cn1ccnc1C(O)c1cc2c(s1)CCSC2. The van der Waals surface area contributed by atoms with Crippen molar-refractivity contribution in [1.82, 2.24) is 9.55 Å². The van der Waals surface area contributed by atoms with Gasteiger partial charge in [-0.15, -0.1) is 11.3 Å². The number of aliphatic hydroxyl groups is 1. The molecule has 0 saturated carbocycles. The normalized spacial score (nSPS) is 16.8. The summed E-state index contributed by atoms with van der Waals surface area (Å²) in [6.45, 7) is 0. The highest BCUT2D eigenvalue weighted by Crippen LogP contribution is 2.35. The van der Waals surface area contributed by atoms with Gasteiger partial charge in [-0.3, -0.25) is 0 Å². The minimum atomic E-state index is -0.587. The van der Waals surface area contributed by atoms with Crippen LogP contribution in [-0.4, -0.2) is 20.4 Å². The number of nitrogens with zero attached hydrogens (tertiary/aromatic N) is 2. The summed E-state index contributed by atoms with van der Waals surface area (Å²) >= 11 is 3.70. The van der Waals surface area contributed by atoms with Gasteiger partial charge in [0.1, 0.15) is 11.9 Å². The van der Waals surface area contributed by atoms with Gasteiger partial charge in [-0.25, -0.2) is 4.98 Å². The lowest BCUT2D eigenvalue weighted by atomic mass is 10.2. The highest BCUT2D eigenvalue weighted by atomic mass is 32.2. The van der Waals surface area contributed by atoms with E-state index >= 15 is 0 Å². The molecular formula is C12H14N2OS2. The summed E-state index contributed by atoms with van der Waals surface area (Å²) in [6, 6.07) is 2.14. The minimum absolute atomic E-state index is 0.587. The molecule has 1 atom stereocenters. The Kier molecular flexibility index (Phi) is 2.98. The maximum atomic E-state index is 10.3. The molecule has 1 aliphatic heterocycles. The maximum Gasteiger partial charge on any atom is 0.146 e. The summed E-state index contributed by atoms with van der Waals surface area (Å²) in [5.74, 6) is 3.00. The second kappa shape index (κ2) is 4.48. The zero-order valence-corrected chi connectivity index (χ0v) is 11.2. The molecule has 17 heavy (non-hydrogen) atoms. The van der Waals surface area contributed by atoms with Crippen LogP contribution >= 0.6 is 23.1 Å². The zero-order valence-electron chi connectivity index (χ0n) is 9.59. The molecule has 2 aromatic rings. The summed E-state index contributed by atoms with van der Waals surface area (Å²) in [4.78, 5) is 6.67. The third-order valence-electron chi connectivity index (χ3n) is 3.02. The van der Waals surface area contributed by atoms with Crippen molar-refractivity contribution >= 4 is 23.1 Å². The van der Waals surface area contributed by atoms with Crippen molar-refractivity contribution in [3.63, 3.8) is 0 Å². The first-order chi connectivity index (χ1) is 8.25. The molecule has 5 heteroatoms. The molecule has 0 fully saturated rings. The highest BCUT2D eigenvalue weighted by Gasteiger charge is 2.21. The van der Waals surface area contributed by atoms with E-state index in [1.807, 2.05) is 29.6 Å². The standard InChI is InChI=1S/C12H14N2OS2/c1-14-4-3-13-12(14)11(15)10-6-8-7-16-5-2-9(8)17-10/h3-4,6,11,15H,2,5,7H2,1H3. The predicted molar refractivity (Wildman–Crippen MR) is 71.5 cm³/mol. The van der Waals surface area contributed by atoms with Crippen LogP contribution in [0.5, 0.6) is 0 Å². The topological polar surface area (TPSA) is 38.0 Å². The Morgan fingerprint density at radius 2 is 2.41 bits per heavy atom. The molecule has 1 aliphatic rings. The number of rotatable bonds is 2. The Balaban J connectivity index is 1.94. The van der Waals surface area contributed by atoms with Gasteiger partial charge >= 0.3 is 0 Å². The van der Waals surface area contributed by atoms with E-state index in [0.29, 0.717) is 0 Å². The van der Waals surface area contributed by atoms with E-state index in [1.165, 1.54) is 16.2 Å². The molecule has 1 N–H and O–H groups in total. The van der Waals surface area contributed by atoms with E-state index in [2.05, 4.69) is 11.1 Å². The summed E-state index contributed by atoms with van der Waals surface area (Å²) in [5.41, 5.74) is 1.40. The molecule has 0 radical (unpaired) electrons. The van der Waals surface area contributed by atoms with Crippen molar-refractivity contribution < 1.29 is 5.11 Å². The van der Waals surface area contributed by atoms with Crippen LogP contribution in [-0.2, 0) is 19.2 Å². The third-order valence-corrected chi connectivity index (χ3v) is 5.32. The van der Waals surface area contributed by atoms with E-state index in [1.54, 1.807) is 17.5 Å². The molecule has 1 unspecified atom stereocenters. The summed E-state index contributed by atoms with van der Waals surface area (Å²) < 4.78 is 1.87. The minimum Gasteiger partial charge on any atom is -0.380 e. The van der Waals surface area contributed by atoms with Crippen molar-refractivity contribution in [1.29, 1.82) is 0 Å². The first-order valence-electron chi connectivity index (χ1n) is 5.60. The van der Waals surface area contributed by atoms with Crippen LogP contribution < -0.4 is 0 Å². The molecule has 3 nitrogen and oxygen atoms in total. The van der Waals surface area contributed by atoms with Crippen LogP contribution in [0.15, 0.2) is 18.5 Å². The molecular weight excluding hydrogens is 252 g/mol. The van der Waals surface area contributed by atoms with Crippen molar-refractivity contribution in [2.75, 3.05) is 5.75 Å². The van der Waals surface area contributed by atoms with Crippen molar-refractivity contribution in [2.24, 2.45) is 7.05 Å². The molecule has 0 aliphatic carbocycles. The van der Waals surface area contributed by atoms with Gasteiger partial charge in [0.25, 0.3) is 0 Å². The number of aryl methyl sites for hydroxylation is 2. The number of aromatic nitrogens is 2. The van der Waals surface area contributed by atoms with Gasteiger partial charge in [-0.1, -0.05) is 0 Å². The first kappa shape index (κ1) is 11.3. The largest absolute Gasteiger partial charge is 0.380 e. The lowest BCUT2D eigenvalue weighted by Gasteiger charge is -2.08. The van der Waals surface area contributed by atoms with E-state index < -0.39 is 6.10 Å². The third kappa shape index (κ3) is 2.03. The summed E-state index contributed by atoms with van der Waals surface area (Å²) in [5, 5.41) is 10.3. The maximum absolute atomic E-state index is 10.3. The molecule has 90 valence electrons. The average Bonchev–Trinajstić information content (AvgIpc) is 2.93. The number of imidazole rings is 1. The van der Waals surface area contributed by atoms with E-state index in [9.17, 15) is 5.11 Å². The molecule has 0 aromatic carbocycles. The molecule has 0 bridgehead atoms. The fraction of sp³-hybridized carbons (Fsp3) is 0.417. The Morgan fingerprint density at radius 3 is 3.12 bits per heavy atom. The van der Waals surface area contributed by atoms with E-state index in [0.717, 1.165) is 22.9 Å². The molecule has 3 heterocycles. The van der Waals surface area contributed by atoms with Crippen LogP contribution in [0.1, 0.15) is 27.2 Å². The second-order valence-corrected chi connectivity index (χ2v) is 6.47. The number of hydrogen-bond donors (Lipinski definition) is 1. The van der Waals surface area contributed by atoms with Crippen LogP contribution in [0.25, 0.3) is 0 Å². The average molecular weight is 266 g/mol. The van der Waals surface area contributed by atoms with Crippen molar-refractivity contribution in [2.45, 2.75) is 18.3 Å². The monoisotopic (exact) mass is 266 g/mol. The highest BCUT2D eigenvalue weighted by molar-refractivity contribution is 7.98. The quantitative estimate of drug-likeness (QED) is 0.907. The molecule has 3 rings (SSSR count). The first-order valence-corrected chi connectivity index (χ1v) is 7.57. The Bertz CT molecular complexity index is 509. The number of thioether (sulfide) groups is 1. The fourth-order valence-electron chi connectivity index (χ4n) is 2.07. The Hall–Kier alpha value is -0.780. The van der Waals surface area contributed by atoms with Crippen molar-refractivity contribution in [3.8, 4) is 0 Å². The van der Waals surface area contributed by atoms with E-state index in [-0.39, 0.29) is 0 Å². The fourth-order valence-corrected chi connectivity index (χ4v) is 4.43. The second-order valence-electron chi connectivity index (χ2n) is 4.20. The van der Waals surface area contributed by atoms with Crippen LogP contribution in [0.3, 0.4) is 0 Å². The summed E-state index contributed by atoms with van der Waals surface area (Å²) in [7, 11) is 1.91.